The van der Waals surface area contributed by atoms with Gasteiger partial charge in [0.1, 0.15) is 0 Å². The molecular formula is C12H24N2O. The van der Waals surface area contributed by atoms with Gasteiger partial charge in [0.15, 0.2) is 0 Å². The minimum atomic E-state index is -0.438. The molecular weight excluding hydrogens is 188 g/mol. The molecule has 3 nitrogen and oxygen atoms in total. The van der Waals surface area contributed by atoms with E-state index in [0.717, 1.165) is 0 Å². The summed E-state index contributed by atoms with van der Waals surface area (Å²) in [6, 6.07) is 0.554. The average Bonchev–Trinajstić information content (AvgIpc) is 2.42. The van der Waals surface area contributed by atoms with Gasteiger partial charge in [0.05, 0.1) is 5.41 Å². The van der Waals surface area contributed by atoms with E-state index in [1.54, 1.807) is 0 Å². The minimum absolute atomic E-state index is 0.229. The van der Waals surface area contributed by atoms with Crippen LogP contribution in [0.1, 0.15) is 47.0 Å². The molecule has 3 heteroatoms. The molecule has 1 aliphatic rings. The van der Waals surface area contributed by atoms with Gasteiger partial charge in [-0.15, -0.1) is 0 Å². The van der Waals surface area contributed by atoms with Crippen molar-refractivity contribution < 1.29 is 4.79 Å². The Bertz CT molecular complexity index is 246. The molecule has 1 amide bonds. The van der Waals surface area contributed by atoms with Crippen LogP contribution in [0.25, 0.3) is 0 Å². The van der Waals surface area contributed by atoms with E-state index in [-0.39, 0.29) is 5.91 Å². The number of hydrogen-bond donors (Lipinski definition) is 2. The predicted octanol–water partition coefficient (Wildman–Crippen LogP) is 1.67. The van der Waals surface area contributed by atoms with Gasteiger partial charge in [0.25, 0.3) is 0 Å². The summed E-state index contributed by atoms with van der Waals surface area (Å²) < 4.78 is 0. The van der Waals surface area contributed by atoms with E-state index < -0.39 is 5.41 Å². The summed E-state index contributed by atoms with van der Waals surface area (Å²) in [5, 5.41) is 3.46. The SMILES string of the molecule is CC1(C)CCC(NCC(C)(C)C(N)=O)C1. The molecule has 1 fully saturated rings. The van der Waals surface area contributed by atoms with Crippen LogP contribution < -0.4 is 11.1 Å². The van der Waals surface area contributed by atoms with Crippen LogP contribution in [-0.4, -0.2) is 18.5 Å². The second-order valence-corrected chi connectivity index (χ2v) is 6.23. The van der Waals surface area contributed by atoms with Crippen LogP contribution >= 0.6 is 0 Å². The molecule has 1 saturated carbocycles. The van der Waals surface area contributed by atoms with E-state index in [1.807, 2.05) is 13.8 Å². The predicted molar refractivity (Wildman–Crippen MR) is 62.4 cm³/mol. The summed E-state index contributed by atoms with van der Waals surface area (Å²) in [5.41, 5.74) is 5.34. The van der Waals surface area contributed by atoms with Crippen molar-refractivity contribution in [3.05, 3.63) is 0 Å². The highest BCUT2D eigenvalue weighted by molar-refractivity contribution is 5.80. The van der Waals surface area contributed by atoms with Crippen molar-refractivity contribution in [2.75, 3.05) is 6.54 Å². The zero-order chi connectivity index (χ0) is 11.7. The quantitative estimate of drug-likeness (QED) is 0.744. The molecule has 0 bridgehead atoms. The molecule has 0 aliphatic heterocycles. The number of nitrogens with one attached hydrogen (secondary N) is 1. The second kappa shape index (κ2) is 4.12. The normalized spacial score (nSPS) is 25.5. The van der Waals surface area contributed by atoms with Crippen LogP contribution in [0, 0.1) is 10.8 Å². The highest BCUT2D eigenvalue weighted by Crippen LogP contribution is 2.37. The Hall–Kier alpha value is -0.570. The molecule has 0 aromatic heterocycles. The third-order valence-corrected chi connectivity index (χ3v) is 3.47. The van der Waals surface area contributed by atoms with Crippen LogP contribution in [-0.2, 0) is 4.79 Å². The zero-order valence-corrected chi connectivity index (χ0v) is 10.4. The van der Waals surface area contributed by atoms with Gasteiger partial charge in [0.2, 0.25) is 5.91 Å². The Morgan fingerprint density at radius 1 is 1.53 bits per heavy atom. The third-order valence-electron chi connectivity index (χ3n) is 3.47. The fourth-order valence-electron chi connectivity index (χ4n) is 2.10. The van der Waals surface area contributed by atoms with E-state index in [1.165, 1.54) is 19.3 Å². The monoisotopic (exact) mass is 212 g/mol. The van der Waals surface area contributed by atoms with Gasteiger partial charge >= 0.3 is 0 Å². The van der Waals surface area contributed by atoms with Gasteiger partial charge in [0, 0.05) is 12.6 Å². The van der Waals surface area contributed by atoms with E-state index >= 15 is 0 Å². The summed E-state index contributed by atoms with van der Waals surface area (Å²) in [6.07, 6.45) is 3.67. The fourth-order valence-corrected chi connectivity index (χ4v) is 2.10. The lowest BCUT2D eigenvalue weighted by Gasteiger charge is -2.24. The summed E-state index contributed by atoms with van der Waals surface area (Å²) >= 11 is 0. The molecule has 88 valence electrons. The summed E-state index contributed by atoms with van der Waals surface area (Å²) in [4.78, 5) is 11.1. The van der Waals surface area contributed by atoms with Crippen molar-refractivity contribution in [2.24, 2.45) is 16.6 Å². The maximum atomic E-state index is 11.1. The Morgan fingerprint density at radius 3 is 2.53 bits per heavy atom. The van der Waals surface area contributed by atoms with Crippen LogP contribution in [0.4, 0.5) is 0 Å². The zero-order valence-electron chi connectivity index (χ0n) is 10.4. The van der Waals surface area contributed by atoms with E-state index in [0.29, 0.717) is 18.0 Å². The number of amides is 1. The molecule has 0 spiro atoms. The second-order valence-electron chi connectivity index (χ2n) is 6.23. The first-order valence-corrected chi connectivity index (χ1v) is 5.76. The lowest BCUT2D eigenvalue weighted by molar-refractivity contribution is -0.125. The van der Waals surface area contributed by atoms with E-state index in [9.17, 15) is 4.79 Å². The standard InChI is InChI=1S/C12H24N2O/c1-11(2)6-5-9(7-11)14-8-12(3,4)10(13)15/h9,14H,5-8H2,1-4H3,(H2,13,15). The largest absolute Gasteiger partial charge is 0.369 e. The Morgan fingerprint density at radius 2 is 2.13 bits per heavy atom. The van der Waals surface area contributed by atoms with Gasteiger partial charge < -0.3 is 11.1 Å². The van der Waals surface area contributed by atoms with Crippen molar-refractivity contribution in [1.82, 2.24) is 5.32 Å². The lowest BCUT2D eigenvalue weighted by Crippen LogP contribution is -2.43. The molecule has 1 rings (SSSR count). The maximum absolute atomic E-state index is 11.1. The van der Waals surface area contributed by atoms with Crippen LogP contribution in [0.15, 0.2) is 0 Å². The highest BCUT2D eigenvalue weighted by Gasteiger charge is 2.32. The van der Waals surface area contributed by atoms with Crippen molar-refractivity contribution in [2.45, 2.75) is 53.0 Å². The molecule has 3 N–H and O–H groups in total. The first-order valence-electron chi connectivity index (χ1n) is 5.76. The van der Waals surface area contributed by atoms with Crippen molar-refractivity contribution >= 4 is 5.91 Å². The summed E-state index contributed by atoms with van der Waals surface area (Å²) in [5.74, 6) is -0.229. The molecule has 1 unspecified atom stereocenters. The minimum Gasteiger partial charge on any atom is -0.369 e. The van der Waals surface area contributed by atoms with Gasteiger partial charge in [-0.25, -0.2) is 0 Å². The molecule has 0 radical (unpaired) electrons. The van der Waals surface area contributed by atoms with Crippen molar-refractivity contribution in [3.63, 3.8) is 0 Å². The van der Waals surface area contributed by atoms with E-state index in [2.05, 4.69) is 19.2 Å². The van der Waals surface area contributed by atoms with Crippen LogP contribution in [0.3, 0.4) is 0 Å². The molecule has 0 saturated heterocycles. The first kappa shape index (κ1) is 12.5. The van der Waals surface area contributed by atoms with Crippen LogP contribution in [0.2, 0.25) is 0 Å². The number of nitrogens with two attached hydrogens (primary N) is 1. The molecule has 15 heavy (non-hydrogen) atoms. The lowest BCUT2D eigenvalue weighted by atomic mass is 9.90. The van der Waals surface area contributed by atoms with Crippen molar-refractivity contribution in [1.29, 1.82) is 0 Å². The number of carbonyl (C=O) groups is 1. The first-order chi connectivity index (χ1) is 6.73. The van der Waals surface area contributed by atoms with Gasteiger partial charge in [-0.1, -0.05) is 13.8 Å². The van der Waals surface area contributed by atoms with Crippen molar-refractivity contribution in [3.8, 4) is 0 Å². The third kappa shape index (κ3) is 3.49. The number of carbonyl (C=O) groups excluding carboxylic acids is 1. The van der Waals surface area contributed by atoms with Gasteiger partial charge in [-0.05, 0) is 38.5 Å². The average molecular weight is 212 g/mol. The maximum Gasteiger partial charge on any atom is 0.224 e. The van der Waals surface area contributed by atoms with Gasteiger partial charge in [-0.2, -0.15) is 0 Å². The Labute approximate surface area is 92.8 Å². The fraction of sp³-hybridized carbons (Fsp3) is 0.917. The number of hydrogen-bond acceptors (Lipinski definition) is 2. The smallest absolute Gasteiger partial charge is 0.224 e. The highest BCUT2D eigenvalue weighted by atomic mass is 16.1. The molecule has 0 aromatic rings. The summed E-state index contributed by atoms with van der Waals surface area (Å²) in [6.45, 7) is 9.07. The summed E-state index contributed by atoms with van der Waals surface area (Å²) in [7, 11) is 0. The molecule has 0 heterocycles. The van der Waals surface area contributed by atoms with Gasteiger partial charge in [-0.3, -0.25) is 4.79 Å². The Balaban J connectivity index is 2.36. The molecule has 1 atom stereocenters. The number of primary amides is 1. The molecule has 0 aromatic carbocycles. The van der Waals surface area contributed by atoms with E-state index in [4.69, 9.17) is 5.73 Å². The number of rotatable bonds is 4. The molecule has 1 aliphatic carbocycles. The van der Waals surface area contributed by atoms with Crippen LogP contribution in [0.5, 0.6) is 0 Å². The Kier molecular flexibility index (Phi) is 3.44. The topological polar surface area (TPSA) is 55.1 Å².